The van der Waals surface area contributed by atoms with Gasteiger partial charge in [-0.15, -0.1) is 0 Å². The highest BCUT2D eigenvalue weighted by atomic mass is 35.5. The second kappa shape index (κ2) is 5.57. The molecular weight excluding hydrogens is 246 g/mol. The van der Waals surface area contributed by atoms with Gasteiger partial charge in [-0.05, 0) is 42.3 Å². The maximum Gasteiger partial charge on any atom is 0.137 e. The molecule has 2 nitrogen and oxygen atoms in total. The standard InChI is InChI=1S/C15H12ClNO/c1-11-5-6-15(13(7-11)9-17)18-10-12-3-2-4-14(16)8-12/h2-8H,10H2,1H3. The molecule has 0 unspecified atom stereocenters. The molecule has 0 N–H and O–H groups in total. The number of nitrogens with zero attached hydrogens (tertiary/aromatic N) is 1. The summed E-state index contributed by atoms with van der Waals surface area (Å²) < 4.78 is 5.64. The van der Waals surface area contributed by atoms with Crippen molar-refractivity contribution in [1.82, 2.24) is 0 Å². The first-order valence-corrected chi connectivity index (χ1v) is 5.95. The summed E-state index contributed by atoms with van der Waals surface area (Å²) in [5, 5.41) is 9.71. The van der Waals surface area contributed by atoms with Crippen molar-refractivity contribution in [3.8, 4) is 11.8 Å². The quantitative estimate of drug-likeness (QED) is 0.829. The van der Waals surface area contributed by atoms with Crippen LogP contribution in [0.25, 0.3) is 0 Å². The number of rotatable bonds is 3. The van der Waals surface area contributed by atoms with Crippen molar-refractivity contribution in [1.29, 1.82) is 5.26 Å². The molecule has 3 heteroatoms. The summed E-state index contributed by atoms with van der Waals surface area (Å²) in [6.45, 7) is 2.35. The van der Waals surface area contributed by atoms with E-state index in [1.165, 1.54) is 0 Å². The molecule has 0 spiro atoms. The Balaban J connectivity index is 2.14. The molecule has 0 aliphatic rings. The lowest BCUT2D eigenvalue weighted by Crippen LogP contribution is -1.97. The molecule has 0 aliphatic heterocycles. The highest BCUT2D eigenvalue weighted by Gasteiger charge is 2.04. The van der Waals surface area contributed by atoms with Crippen LogP contribution in [0.1, 0.15) is 16.7 Å². The lowest BCUT2D eigenvalue weighted by atomic mass is 10.1. The minimum atomic E-state index is 0.401. The summed E-state index contributed by atoms with van der Waals surface area (Å²) in [5.41, 5.74) is 2.57. The number of benzene rings is 2. The zero-order chi connectivity index (χ0) is 13.0. The Morgan fingerprint density at radius 2 is 2.06 bits per heavy atom. The van der Waals surface area contributed by atoms with Crippen molar-refractivity contribution >= 4 is 11.6 Å². The van der Waals surface area contributed by atoms with E-state index in [0.717, 1.165) is 11.1 Å². The lowest BCUT2D eigenvalue weighted by molar-refractivity contribution is 0.305. The molecule has 0 radical (unpaired) electrons. The number of aryl methyl sites for hydroxylation is 1. The van der Waals surface area contributed by atoms with E-state index in [1.54, 1.807) is 0 Å². The summed E-state index contributed by atoms with van der Waals surface area (Å²) in [6.07, 6.45) is 0. The first-order valence-electron chi connectivity index (χ1n) is 5.57. The smallest absolute Gasteiger partial charge is 0.137 e. The van der Waals surface area contributed by atoms with Crippen LogP contribution >= 0.6 is 11.6 Å². The van der Waals surface area contributed by atoms with Crippen LogP contribution in [0.5, 0.6) is 5.75 Å². The molecule has 90 valence electrons. The zero-order valence-corrected chi connectivity index (χ0v) is 10.7. The molecule has 0 saturated carbocycles. The number of hydrogen-bond acceptors (Lipinski definition) is 2. The van der Waals surface area contributed by atoms with Gasteiger partial charge in [0, 0.05) is 5.02 Å². The highest BCUT2D eigenvalue weighted by molar-refractivity contribution is 6.30. The van der Waals surface area contributed by atoms with E-state index in [4.69, 9.17) is 21.6 Å². The fourth-order valence-electron chi connectivity index (χ4n) is 1.64. The summed E-state index contributed by atoms with van der Waals surface area (Å²) in [5.74, 6) is 0.600. The van der Waals surface area contributed by atoms with Crippen LogP contribution in [0.3, 0.4) is 0 Å². The van der Waals surface area contributed by atoms with Gasteiger partial charge < -0.3 is 4.74 Å². The van der Waals surface area contributed by atoms with Crippen molar-refractivity contribution in [2.75, 3.05) is 0 Å². The predicted molar refractivity (Wildman–Crippen MR) is 71.7 cm³/mol. The molecule has 2 aromatic carbocycles. The van der Waals surface area contributed by atoms with Crippen molar-refractivity contribution in [3.05, 3.63) is 64.2 Å². The van der Waals surface area contributed by atoms with Gasteiger partial charge in [0.25, 0.3) is 0 Å². The molecule has 0 bridgehead atoms. The average Bonchev–Trinajstić information content (AvgIpc) is 2.37. The van der Waals surface area contributed by atoms with Gasteiger partial charge in [-0.3, -0.25) is 0 Å². The Kier molecular flexibility index (Phi) is 3.86. The van der Waals surface area contributed by atoms with E-state index in [1.807, 2.05) is 49.4 Å². The van der Waals surface area contributed by atoms with E-state index < -0.39 is 0 Å². The molecule has 0 amide bonds. The molecule has 0 aliphatic carbocycles. The average molecular weight is 258 g/mol. The van der Waals surface area contributed by atoms with Gasteiger partial charge in [-0.2, -0.15) is 5.26 Å². The molecule has 18 heavy (non-hydrogen) atoms. The van der Waals surface area contributed by atoms with Crippen LogP contribution < -0.4 is 4.74 Å². The number of nitriles is 1. The SMILES string of the molecule is Cc1ccc(OCc2cccc(Cl)c2)c(C#N)c1. The molecular formula is C15H12ClNO. The van der Waals surface area contributed by atoms with Crippen molar-refractivity contribution in [2.45, 2.75) is 13.5 Å². The molecule has 0 fully saturated rings. The van der Waals surface area contributed by atoms with E-state index in [2.05, 4.69) is 6.07 Å². The molecule has 0 heterocycles. The van der Waals surface area contributed by atoms with Gasteiger partial charge in [0.2, 0.25) is 0 Å². The normalized spacial score (nSPS) is 9.83. The number of ether oxygens (including phenoxy) is 1. The maximum absolute atomic E-state index is 9.03. The number of halogens is 1. The summed E-state index contributed by atoms with van der Waals surface area (Å²) in [4.78, 5) is 0. The van der Waals surface area contributed by atoms with E-state index in [0.29, 0.717) is 22.9 Å². The number of hydrogen-bond donors (Lipinski definition) is 0. The second-order valence-corrected chi connectivity index (χ2v) is 4.47. The minimum Gasteiger partial charge on any atom is -0.488 e. The molecule has 0 atom stereocenters. The predicted octanol–water partition coefficient (Wildman–Crippen LogP) is 4.10. The Morgan fingerprint density at radius 3 is 2.78 bits per heavy atom. The van der Waals surface area contributed by atoms with E-state index in [9.17, 15) is 0 Å². The van der Waals surface area contributed by atoms with E-state index in [-0.39, 0.29) is 0 Å². The first kappa shape index (κ1) is 12.5. The summed E-state index contributed by atoms with van der Waals surface area (Å²) in [6, 6.07) is 15.2. The van der Waals surface area contributed by atoms with Crippen LogP contribution in [0.15, 0.2) is 42.5 Å². The van der Waals surface area contributed by atoms with Crippen molar-refractivity contribution < 1.29 is 4.74 Å². The Bertz CT molecular complexity index is 602. The fraction of sp³-hybridized carbons (Fsp3) is 0.133. The van der Waals surface area contributed by atoms with Crippen LogP contribution in [0, 0.1) is 18.3 Å². The largest absolute Gasteiger partial charge is 0.488 e. The van der Waals surface area contributed by atoms with Crippen LogP contribution in [0.2, 0.25) is 5.02 Å². The summed E-state index contributed by atoms with van der Waals surface area (Å²) >= 11 is 5.90. The molecule has 2 rings (SSSR count). The van der Waals surface area contributed by atoms with Gasteiger partial charge in [-0.1, -0.05) is 29.8 Å². The lowest BCUT2D eigenvalue weighted by Gasteiger charge is -2.08. The third-order valence-corrected chi connectivity index (χ3v) is 2.77. The topological polar surface area (TPSA) is 33.0 Å². The third-order valence-electron chi connectivity index (χ3n) is 2.54. The third kappa shape index (κ3) is 3.03. The van der Waals surface area contributed by atoms with Crippen molar-refractivity contribution in [2.24, 2.45) is 0 Å². The zero-order valence-electron chi connectivity index (χ0n) is 9.98. The fourth-order valence-corrected chi connectivity index (χ4v) is 1.86. The first-order chi connectivity index (χ1) is 8.69. The molecule has 2 aromatic rings. The summed E-state index contributed by atoms with van der Waals surface area (Å²) in [7, 11) is 0. The Morgan fingerprint density at radius 1 is 1.22 bits per heavy atom. The highest BCUT2D eigenvalue weighted by Crippen LogP contribution is 2.21. The van der Waals surface area contributed by atoms with Crippen LogP contribution in [0.4, 0.5) is 0 Å². The Hall–Kier alpha value is -1.98. The maximum atomic E-state index is 9.03. The van der Waals surface area contributed by atoms with Gasteiger partial charge in [0.05, 0.1) is 5.56 Å². The minimum absolute atomic E-state index is 0.401. The van der Waals surface area contributed by atoms with Crippen LogP contribution in [-0.4, -0.2) is 0 Å². The monoisotopic (exact) mass is 257 g/mol. The van der Waals surface area contributed by atoms with Gasteiger partial charge >= 0.3 is 0 Å². The second-order valence-electron chi connectivity index (χ2n) is 4.03. The van der Waals surface area contributed by atoms with Crippen LogP contribution in [-0.2, 0) is 6.61 Å². The molecule has 0 aromatic heterocycles. The van der Waals surface area contributed by atoms with Gasteiger partial charge in [0.15, 0.2) is 0 Å². The van der Waals surface area contributed by atoms with E-state index >= 15 is 0 Å². The Labute approximate surface area is 111 Å². The van der Waals surface area contributed by atoms with Gasteiger partial charge in [0.1, 0.15) is 18.4 Å². The molecule has 0 saturated heterocycles. The van der Waals surface area contributed by atoms with Crippen molar-refractivity contribution in [3.63, 3.8) is 0 Å². The van der Waals surface area contributed by atoms with Gasteiger partial charge in [-0.25, -0.2) is 0 Å².